The number of nitrogens with two attached hydrogens (primary N) is 1. The molecule has 0 saturated carbocycles. The Balaban J connectivity index is 2.22. The van der Waals surface area contributed by atoms with Crippen LogP contribution in [0.4, 0.5) is 10.1 Å². The van der Waals surface area contributed by atoms with Crippen molar-refractivity contribution in [3.63, 3.8) is 0 Å². The van der Waals surface area contributed by atoms with E-state index >= 15 is 0 Å². The highest BCUT2D eigenvalue weighted by atomic mass is 32.1. The molecule has 1 aromatic rings. The van der Waals surface area contributed by atoms with E-state index in [0.717, 1.165) is 38.3 Å². The molecule has 2 N–H and O–H groups in total. The molecule has 110 valence electrons. The minimum atomic E-state index is -0.332. The molecular weight excluding hydrogens is 273 g/mol. The van der Waals surface area contributed by atoms with Crippen LogP contribution in [-0.4, -0.2) is 42.1 Å². The van der Waals surface area contributed by atoms with Gasteiger partial charge in [-0.15, -0.1) is 0 Å². The van der Waals surface area contributed by atoms with E-state index in [-0.39, 0.29) is 10.8 Å². The summed E-state index contributed by atoms with van der Waals surface area (Å²) in [6, 6.07) is 5.56. The molecule has 1 heterocycles. The second-order valence-corrected chi connectivity index (χ2v) is 5.55. The van der Waals surface area contributed by atoms with Crippen LogP contribution in [0.5, 0.6) is 0 Å². The van der Waals surface area contributed by atoms with Gasteiger partial charge in [-0.05, 0) is 31.6 Å². The van der Waals surface area contributed by atoms with E-state index in [1.54, 1.807) is 6.07 Å². The van der Waals surface area contributed by atoms with Crippen LogP contribution in [0.15, 0.2) is 18.2 Å². The summed E-state index contributed by atoms with van der Waals surface area (Å²) >= 11 is 5.00. The topological polar surface area (TPSA) is 32.5 Å². The van der Waals surface area contributed by atoms with Crippen LogP contribution in [0.1, 0.15) is 25.8 Å². The number of hydrogen-bond donors (Lipinski definition) is 1. The molecule has 0 radical (unpaired) electrons. The molecule has 1 atom stereocenters. The van der Waals surface area contributed by atoms with Gasteiger partial charge in [-0.3, -0.25) is 4.90 Å². The molecule has 1 aliphatic heterocycles. The molecule has 2 rings (SSSR count). The van der Waals surface area contributed by atoms with Crippen LogP contribution < -0.4 is 10.6 Å². The van der Waals surface area contributed by atoms with Gasteiger partial charge in [0.15, 0.2) is 0 Å². The van der Waals surface area contributed by atoms with Crippen LogP contribution in [0.2, 0.25) is 0 Å². The van der Waals surface area contributed by atoms with Crippen molar-refractivity contribution < 1.29 is 4.39 Å². The van der Waals surface area contributed by atoms with Crippen LogP contribution in [0, 0.1) is 5.82 Å². The number of rotatable bonds is 5. The van der Waals surface area contributed by atoms with Gasteiger partial charge >= 0.3 is 0 Å². The molecular formula is C15H22FN3S. The molecule has 1 aromatic carbocycles. The van der Waals surface area contributed by atoms with E-state index in [4.69, 9.17) is 18.0 Å². The third-order valence-electron chi connectivity index (χ3n) is 4.07. The zero-order valence-corrected chi connectivity index (χ0v) is 12.9. The van der Waals surface area contributed by atoms with E-state index in [9.17, 15) is 4.39 Å². The lowest BCUT2D eigenvalue weighted by molar-refractivity contribution is 0.232. The molecule has 0 bridgehead atoms. The maximum atomic E-state index is 13.9. The molecule has 1 fully saturated rings. The Morgan fingerprint density at radius 2 is 2.15 bits per heavy atom. The van der Waals surface area contributed by atoms with Gasteiger partial charge in [0, 0.05) is 24.8 Å². The molecule has 0 aliphatic carbocycles. The standard InChI is InChI=1S/C15H22FN3S/c1-3-18(4-2)11-8-9-19(10-11)13-7-5-6-12(16)14(13)15(17)20/h5-7,11H,3-4,8-10H2,1-2H3,(H2,17,20). The van der Waals surface area contributed by atoms with Crippen LogP contribution in [-0.2, 0) is 0 Å². The predicted molar refractivity (Wildman–Crippen MR) is 85.8 cm³/mol. The van der Waals surface area contributed by atoms with Crippen LogP contribution in [0.3, 0.4) is 0 Å². The average molecular weight is 295 g/mol. The van der Waals surface area contributed by atoms with Crippen molar-refractivity contribution in [3.8, 4) is 0 Å². The number of benzene rings is 1. The third kappa shape index (κ3) is 2.94. The maximum Gasteiger partial charge on any atom is 0.135 e. The van der Waals surface area contributed by atoms with Crippen molar-refractivity contribution >= 4 is 22.9 Å². The maximum absolute atomic E-state index is 13.9. The summed E-state index contributed by atoms with van der Waals surface area (Å²) in [6.45, 7) is 8.26. The molecule has 1 saturated heterocycles. The molecule has 0 amide bonds. The first kappa shape index (κ1) is 15.2. The predicted octanol–water partition coefficient (Wildman–Crippen LogP) is 2.38. The Labute approximate surface area is 125 Å². The second kappa shape index (κ2) is 6.50. The number of thiocarbonyl (C=S) groups is 1. The van der Waals surface area contributed by atoms with Crippen molar-refractivity contribution in [2.24, 2.45) is 5.73 Å². The first-order valence-corrected chi connectivity index (χ1v) is 7.56. The summed E-state index contributed by atoms with van der Waals surface area (Å²) in [5.41, 5.74) is 6.89. The Morgan fingerprint density at radius 3 is 2.75 bits per heavy atom. The molecule has 3 nitrogen and oxygen atoms in total. The molecule has 5 heteroatoms. The monoisotopic (exact) mass is 295 g/mol. The molecule has 0 spiro atoms. The summed E-state index contributed by atoms with van der Waals surface area (Å²) in [5.74, 6) is -0.332. The SMILES string of the molecule is CCN(CC)C1CCN(c2cccc(F)c2C(N)=S)C1. The summed E-state index contributed by atoms with van der Waals surface area (Å²) in [6.07, 6.45) is 1.09. The minimum absolute atomic E-state index is 0.129. The number of nitrogens with zero attached hydrogens (tertiary/aromatic N) is 2. The second-order valence-electron chi connectivity index (χ2n) is 5.11. The van der Waals surface area contributed by atoms with Gasteiger partial charge in [0.25, 0.3) is 0 Å². The Hall–Kier alpha value is -1.20. The van der Waals surface area contributed by atoms with E-state index in [0.29, 0.717) is 11.6 Å². The van der Waals surface area contributed by atoms with Gasteiger partial charge in [0.05, 0.1) is 5.56 Å². The Morgan fingerprint density at radius 1 is 1.45 bits per heavy atom. The largest absolute Gasteiger partial charge is 0.389 e. The van der Waals surface area contributed by atoms with Gasteiger partial charge in [0.2, 0.25) is 0 Å². The van der Waals surface area contributed by atoms with Crippen molar-refractivity contribution in [3.05, 3.63) is 29.6 Å². The van der Waals surface area contributed by atoms with Crippen LogP contribution in [0.25, 0.3) is 0 Å². The van der Waals surface area contributed by atoms with E-state index < -0.39 is 0 Å². The fourth-order valence-corrected chi connectivity index (χ4v) is 3.22. The lowest BCUT2D eigenvalue weighted by Gasteiger charge is -2.27. The normalized spacial score (nSPS) is 18.8. The first-order valence-electron chi connectivity index (χ1n) is 7.15. The van der Waals surface area contributed by atoms with Crippen molar-refractivity contribution in [1.29, 1.82) is 0 Å². The summed E-state index contributed by atoms with van der Waals surface area (Å²) < 4.78 is 13.9. The smallest absolute Gasteiger partial charge is 0.135 e. The van der Waals surface area contributed by atoms with E-state index in [1.165, 1.54) is 6.07 Å². The number of anilines is 1. The minimum Gasteiger partial charge on any atom is -0.389 e. The van der Waals surface area contributed by atoms with Gasteiger partial charge in [0.1, 0.15) is 10.8 Å². The summed E-state index contributed by atoms with van der Waals surface area (Å²) in [4.78, 5) is 4.77. The number of hydrogen-bond acceptors (Lipinski definition) is 3. The lowest BCUT2D eigenvalue weighted by atomic mass is 10.1. The van der Waals surface area contributed by atoms with Gasteiger partial charge in [-0.25, -0.2) is 4.39 Å². The molecule has 0 aromatic heterocycles. The highest BCUT2D eigenvalue weighted by molar-refractivity contribution is 7.80. The van der Waals surface area contributed by atoms with Gasteiger partial charge in [-0.1, -0.05) is 32.1 Å². The number of halogens is 1. The molecule has 20 heavy (non-hydrogen) atoms. The number of likely N-dealkylation sites (N-methyl/N-ethyl adjacent to an activating group) is 1. The van der Waals surface area contributed by atoms with Crippen LogP contribution >= 0.6 is 12.2 Å². The van der Waals surface area contributed by atoms with Gasteiger partial charge < -0.3 is 10.6 Å². The fraction of sp³-hybridized carbons (Fsp3) is 0.533. The Bertz CT molecular complexity index is 488. The highest BCUT2D eigenvalue weighted by Crippen LogP contribution is 2.28. The zero-order chi connectivity index (χ0) is 14.7. The molecule has 1 aliphatic rings. The first-order chi connectivity index (χ1) is 9.58. The third-order valence-corrected chi connectivity index (χ3v) is 4.27. The van der Waals surface area contributed by atoms with E-state index in [2.05, 4.69) is 23.6 Å². The molecule has 1 unspecified atom stereocenters. The highest BCUT2D eigenvalue weighted by Gasteiger charge is 2.28. The zero-order valence-electron chi connectivity index (χ0n) is 12.1. The fourth-order valence-electron chi connectivity index (χ4n) is 3.02. The van der Waals surface area contributed by atoms with Crippen molar-refractivity contribution in [1.82, 2.24) is 4.90 Å². The summed E-state index contributed by atoms with van der Waals surface area (Å²) in [5, 5.41) is 0. The summed E-state index contributed by atoms with van der Waals surface area (Å²) in [7, 11) is 0. The van der Waals surface area contributed by atoms with Crippen molar-refractivity contribution in [2.45, 2.75) is 26.3 Å². The lowest BCUT2D eigenvalue weighted by Crippen LogP contribution is -2.37. The van der Waals surface area contributed by atoms with Crippen molar-refractivity contribution in [2.75, 3.05) is 31.1 Å². The Kier molecular flexibility index (Phi) is 4.94. The average Bonchev–Trinajstić information content (AvgIpc) is 2.89. The van der Waals surface area contributed by atoms with E-state index in [1.807, 2.05) is 6.07 Å². The quantitative estimate of drug-likeness (QED) is 0.846. The van der Waals surface area contributed by atoms with Gasteiger partial charge in [-0.2, -0.15) is 0 Å².